The highest BCUT2D eigenvalue weighted by atomic mass is 79.9. The Morgan fingerprint density at radius 2 is 2.15 bits per heavy atom. The van der Waals surface area contributed by atoms with Gasteiger partial charge in [-0.1, -0.05) is 28.1 Å². The van der Waals surface area contributed by atoms with Gasteiger partial charge in [-0.05, 0) is 44.9 Å². The van der Waals surface area contributed by atoms with E-state index < -0.39 is 0 Å². The minimum atomic E-state index is 0.137. The van der Waals surface area contributed by atoms with Crippen molar-refractivity contribution in [1.82, 2.24) is 10.3 Å². The number of hydrogen-bond acceptors (Lipinski definition) is 3. The average Bonchev–Trinajstić information content (AvgIpc) is 2.86. The quantitative estimate of drug-likeness (QED) is 0.848. The van der Waals surface area contributed by atoms with Crippen molar-refractivity contribution < 1.29 is 0 Å². The highest BCUT2D eigenvalue weighted by Gasteiger charge is 2.17. The summed E-state index contributed by atoms with van der Waals surface area (Å²) in [6, 6.07) is 8.61. The molecular formula is C16H21BrN2S. The number of benzene rings is 1. The van der Waals surface area contributed by atoms with Gasteiger partial charge in [0.2, 0.25) is 0 Å². The van der Waals surface area contributed by atoms with Crippen molar-refractivity contribution in [3.8, 4) is 0 Å². The molecule has 0 aliphatic rings. The molecule has 2 nitrogen and oxygen atoms in total. The SMILES string of the molecule is CC(C)(C)NCC(Cc1cncs1)c1cccc(Br)c1. The van der Waals surface area contributed by atoms with Crippen molar-refractivity contribution in [2.24, 2.45) is 0 Å². The number of aromatic nitrogens is 1. The van der Waals surface area contributed by atoms with Gasteiger partial charge in [-0.3, -0.25) is 4.98 Å². The summed E-state index contributed by atoms with van der Waals surface area (Å²) in [7, 11) is 0. The lowest BCUT2D eigenvalue weighted by Gasteiger charge is -2.25. The Morgan fingerprint density at radius 1 is 1.35 bits per heavy atom. The molecule has 0 amide bonds. The highest BCUT2D eigenvalue weighted by Crippen LogP contribution is 2.25. The summed E-state index contributed by atoms with van der Waals surface area (Å²) in [6.45, 7) is 7.59. The van der Waals surface area contributed by atoms with Crippen molar-refractivity contribution in [3.05, 3.63) is 50.9 Å². The maximum atomic E-state index is 4.18. The Balaban J connectivity index is 2.15. The van der Waals surface area contributed by atoms with Crippen LogP contribution in [0.5, 0.6) is 0 Å². The lowest BCUT2D eigenvalue weighted by molar-refractivity contribution is 0.405. The molecule has 1 N–H and O–H groups in total. The van der Waals surface area contributed by atoms with E-state index in [-0.39, 0.29) is 5.54 Å². The molecule has 1 aromatic carbocycles. The van der Waals surface area contributed by atoms with E-state index in [4.69, 9.17) is 0 Å². The Hall–Kier alpha value is -0.710. The molecule has 0 aliphatic carbocycles. The molecule has 4 heteroatoms. The molecule has 108 valence electrons. The van der Waals surface area contributed by atoms with Crippen LogP contribution in [-0.2, 0) is 6.42 Å². The number of thiazole rings is 1. The van der Waals surface area contributed by atoms with Crippen molar-refractivity contribution in [3.63, 3.8) is 0 Å². The monoisotopic (exact) mass is 352 g/mol. The number of rotatable bonds is 5. The Bertz CT molecular complexity index is 532. The summed E-state index contributed by atoms with van der Waals surface area (Å²) >= 11 is 5.30. The van der Waals surface area contributed by atoms with Crippen LogP contribution < -0.4 is 5.32 Å². The first-order valence-corrected chi connectivity index (χ1v) is 8.49. The zero-order chi connectivity index (χ0) is 14.6. The fraction of sp³-hybridized carbons (Fsp3) is 0.438. The van der Waals surface area contributed by atoms with Crippen LogP contribution in [0.4, 0.5) is 0 Å². The second-order valence-corrected chi connectivity index (χ2v) is 7.94. The third-order valence-corrected chi connectivity index (χ3v) is 4.43. The molecule has 0 saturated heterocycles. The second kappa shape index (κ2) is 6.83. The van der Waals surface area contributed by atoms with Crippen LogP contribution in [0.1, 0.15) is 37.1 Å². The van der Waals surface area contributed by atoms with Gasteiger partial charge >= 0.3 is 0 Å². The highest BCUT2D eigenvalue weighted by molar-refractivity contribution is 9.10. The first-order valence-electron chi connectivity index (χ1n) is 6.82. The Kier molecular flexibility index (Phi) is 5.35. The van der Waals surface area contributed by atoms with Crippen LogP contribution >= 0.6 is 27.3 Å². The molecule has 1 atom stereocenters. The van der Waals surface area contributed by atoms with Gasteiger partial charge in [-0.25, -0.2) is 0 Å². The van der Waals surface area contributed by atoms with Crippen molar-refractivity contribution in [1.29, 1.82) is 0 Å². The molecule has 2 rings (SSSR count). The molecule has 0 fully saturated rings. The molecule has 20 heavy (non-hydrogen) atoms. The smallest absolute Gasteiger partial charge is 0.0794 e. The van der Waals surface area contributed by atoms with Gasteiger partial charge in [0.25, 0.3) is 0 Å². The minimum absolute atomic E-state index is 0.137. The van der Waals surface area contributed by atoms with Crippen molar-refractivity contribution in [2.75, 3.05) is 6.54 Å². The summed E-state index contributed by atoms with van der Waals surface area (Å²) in [4.78, 5) is 5.52. The van der Waals surface area contributed by atoms with Crippen LogP contribution in [0.3, 0.4) is 0 Å². The molecule has 0 saturated carbocycles. The lowest BCUT2D eigenvalue weighted by Crippen LogP contribution is -2.39. The van der Waals surface area contributed by atoms with E-state index in [9.17, 15) is 0 Å². The zero-order valence-corrected chi connectivity index (χ0v) is 14.6. The normalized spacial score (nSPS) is 13.4. The second-order valence-electron chi connectivity index (χ2n) is 6.05. The maximum absolute atomic E-state index is 4.18. The number of nitrogens with one attached hydrogen (secondary N) is 1. The predicted octanol–water partition coefficient (Wildman–Crippen LogP) is 4.62. The standard InChI is InChI=1S/C16H21BrN2S/c1-16(2,3)19-9-13(8-15-10-18-11-20-15)12-5-4-6-14(17)7-12/h4-7,10-11,13,19H,8-9H2,1-3H3. The van der Waals surface area contributed by atoms with Gasteiger partial charge in [0.1, 0.15) is 0 Å². The van der Waals surface area contributed by atoms with Crippen LogP contribution in [0.2, 0.25) is 0 Å². The minimum Gasteiger partial charge on any atom is -0.311 e. The van der Waals surface area contributed by atoms with Crippen LogP contribution in [0, 0.1) is 0 Å². The number of hydrogen-bond donors (Lipinski definition) is 1. The topological polar surface area (TPSA) is 24.9 Å². The Labute approximate surface area is 133 Å². The first-order chi connectivity index (χ1) is 9.44. The van der Waals surface area contributed by atoms with Crippen LogP contribution in [0.25, 0.3) is 0 Å². The third-order valence-electron chi connectivity index (χ3n) is 3.13. The van der Waals surface area contributed by atoms with Gasteiger partial charge < -0.3 is 5.32 Å². The molecule has 0 aliphatic heterocycles. The van der Waals surface area contributed by atoms with Gasteiger partial charge in [0, 0.05) is 33.5 Å². The fourth-order valence-electron chi connectivity index (χ4n) is 2.08. The molecule has 1 heterocycles. The molecular weight excluding hydrogens is 332 g/mol. The summed E-state index contributed by atoms with van der Waals surface area (Å²) < 4.78 is 1.14. The summed E-state index contributed by atoms with van der Waals surface area (Å²) in [5, 5.41) is 3.62. The van der Waals surface area contributed by atoms with Crippen molar-refractivity contribution in [2.45, 2.75) is 38.6 Å². The van der Waals surface area contributed by atoms with Crippen LogP contribution in [0.15, 0.2) is 40.4 Å². The van der Waals surface area contributed by atoms with E-state index in [1.54, 1.807) is 11.3 Å². The first kappa shape index (κ1) is 15.7. The predicted molar refractivity (Wildman–Crippen MR) is 90.5 cm³/mol. The maximum Gasteiger partial charge on any atom is 0.0794 e. The van der Waals surface area contributed by atoms with E-state index in [0.717, 1.165) is 17.4 Å². The van der Waals surface area contributed by atoms with Gasteiger partial charge in [0.15, 0.2) is 0 Å². The van der Waals surface area contributed by atoms with E-state index in [1.807, 2.05) is 11.7 Å². The summed E-state index contributed by atoms with van der Waals surface area (Å²) in [5.41, 5.74) is 3.41. The molecule has 0 radical (unpaired) electrons. The van der Waals surface area contributed by atoms with E-state index in [2.05, 4.69) is 71.3 Å². The van der Waals surface area contributed by atoms with Gasteiger partial charge in [-0.2, -0.15) is 0 Å². The largest absolute Gasteiger partial charge is 0.311 e. The molecule has 0 spiro atoms. The van der Waals surface area contributed by atoms with Crippen LogP contribution in [-0.4, -0.2) is 17.1 Å². The lowest BCUT2D eigenvalue weighted by atomic mass is 9.94. The third kappa shape index (κ3) is 5.00. The summed E-state index contributed by atoms with van der Waals surface area (Å²) in [5.74, 6) is 0.465. The summed E-state index contributed by atoms with van der Waals surface area (Å²) in [6.07, 6.45) is 3.01. The average molecular weight is 353 g/mol. The Morgan fingerprint density at radius 3 is 2.75 bits per heavy atom. The molecule has 1 unspecified atom stereocenters. The number of halogens is 1. The van der Waals surface area contributed by atoms with E-state index in [0.29, 0.717) is 5.92 Å². The number of nitrogens with zero attached hydrogens (tertiary/aromatic N) is 1. The van der Waals surface area contributed by atoms with Crippen molar-refractivity contribution >= 4 is 27.3 Å². The zero-order valence-electron chi connectivity index (χ0n) is 12.2. The molecule has 2 aromatic rings. The molecule has 0 bridgehead atoms. The molecule has 1 aromatic heterocycles. The van der Waals surface area contributed by atoms with Gasteiger partial charge in [-0.15, -0.1) is 11.3 Å². The van der Waals surface area contributed by atoms with E-state index >= 15 is 0 Å². The van der Waals surface area contributed by atoms with Gasteiger partial charge in [0.05, 0.1) is 5.51 Å². The van der Waals surface area contributed by atoms with E-state index in [1.165, 1.54) is 10.4 Å². The fourth-order valence-corrected chi connectivity index (χ4v) is 3.18.